The van der Waals surface area contributed by atoms with E-state index in [4.69, 9.17) is 4.98 Å². The third kappa shape index (κ3) is 3.89. The summed E-state index contributed by atoms with van der Waals surface area (Å²) in [6, 6.07) is 13.2. The zero-order chi connectivity index (χ0) is 19.3. The number of para-hydroxylation sites is 1. The molecule has 0 bridgehead atoms. The first kappa shape index (κ1) is 18.2. The number of nitrogens with zero attached hydrogens (tertiary/aromatic N) is 4. The average Bonchev–Trinajstić information content (AvgIpc) is 3.19. The maximum atomic E-state index is 13.0. The fourth-order valence-electron chi connectivity index (χ4n) is 2.93. The lowest BCUT2D eigenvalue weighted by atomic mass is 10.0. The van der Waals surface area contributed by atoms with Crippen molar-refractivity contribution in [1.82, 2.24) is 20.2 Å². The maximum Gasteiger partial charge on any atom is 0.258 e. The van der Waals surface area contributed by atoms with Gasteiger partial charge in [-0.2, -0.15) is 0 Å². The highest BCUT2D eigenvalue weighted by Crippen LogP contribution is 2.26. The Labute approximate surface area is 166 Å². The Balaban J connectivity index is 1.68. The highest BCUT2D eigenvalue weighted by molar-refractivity contribution is 7.15. The van der Waals surface area contributed by atoms with Crippen molar-refractivity contribution >= 4 is 33.3 Å². The fourth-order valence-corrected chi connectivity index (χ4v) is 3.71. The van der Waals surface area contributed by atoms with Crippen LogP contribution in [-0.2, 0) is 6.42 Å². The minimum absolute atomic E-state index is 0.216. The molecule has 28 heavy (non-hydrogen) atoms. The zero-order valence-electron chi connectivity index (χ0n) is 15.4. The van der Waals surface area contributed by atoms with E-state index in [1.165, 1.54) is 11.3 Å². The molecule has 3 heterocycles. The summed E-state index contributed by atoms with van der Waals surface area (Å²) in [4.78, 5) is 21.8. The van der Waals surface area contributed by atoms with E-state index in [0.29, 0.717) is 10.7 Å². The minimum Gasteiger partial charge on any atom is -0.296 e. The number of aryl methyl sites for hydroxylation is 1. The van der Waals surface area contributed by atoms with Crippen molar-refractivity contribution in [2.24, 2.45) is 0 Å². The van der Waals surface area contributed by atoms with Crippen LogP contribution in [0.1, 0.15) is 35.1 Å². The molecule has 3 aromatic heterocycles. The lowest BCUT2D eigenvalue weighted by molar-refractivity contribution is 0.102. The van der Waals surface area contributed by atoms with Gasteiger partial charge in [0.15, 0.2) is 0 Å². The monoisotopic (exact) mass is 389 g/mol. The van der Waals surface area contributed by atoms with E-state index in [1.807, 2.05) is 42.5 Å². The van der Waals surface area contributed by atoms with Gasteiger partial charge in [-0.1, -0.05) is 42.9 Å². The lowest BCUT2D eigenvalue weighted by Crippen LogP contribution is -2.13. The SMILES string of the molecule is CCCCc1nnc(NC(=O)c2cc(-c3ccncc3)nc3ccccc23)s1. The number of anilines is 1. The number of carbonyl (C=O) groups excluding carboxylic acids is 1. The van der Waals surface area contributed by atoms with Gasteiger partial charge in [-0.25, -0.2) is 4.98 Å². The quantitative estimate of drug-likeness (QED) is 0.515. The molecule has 0 unspecified atom stereocenters. The van der Waals surface area contributed by atoms with Gasteiger partial charge in [0.1, 0.15) is 5.01 Å². The topological polar surface area (TPSA) is 80.7 Å². The second-order valence-corrected chi connectivity index (χ2v) is 7.43. The molecule has 0 aliphatic carbocycles. The summed E-state index contributed by atoms with van der Waals surface area (Å²) < 4.78 is 0. The Bertz CT molecular complexity index is 1110. The Hall–Kier alpha value is -3.19. The smallest absolute Gasteiger partial charge is 0.258 e. The van der Waals surface area contributed by atoms with Crippen molar-refractivity contribution < 1.29 is 4.79 Å². The van der Waals surface area contributed by atoms with Crippen LogP contribution < -0.4 is 5.32 Å². The van der Waals surface area contributed by atoms with E-state index in [2.05, 4.69) is 27.4 Å². The van der Waals surface area contributed by atoms with Gasteiger partial charge >= 0.3 is 0 Å². The molecule has 0 saturated carbocycles. The number of hydrogen-bond donors (Lipinski definition) is 1. The number of fused-ring (bicyclic) bond motifs is 1. The third-order valence-corrected chi connectivity index (χ3v) is 5.27. The van der Waals surface area contributed by atoms with Crippen LogP contribution in [0.15, 0.2) is 54.9 Å². The summed E-state index contributed by atoms with van der Waals surface area (Å²) in [6.07, 6.45) is 6.47. The van der Waals surface area contributed by atoms with Crippen LogP contribution in [0.25, 0.3) is 22.2 Å². The van der Waals surface area contributed by atoms with Crippen molar-refractivity contribution in [2.45, 2.75) is 26.2 Å². The van der Waals surface area contributed by atoms with E-state index in [9.17, 15) is 4.79 Å². The number of aromatic nitrogens is 4. The van der Waals surface area contributed by atoms with Crippen LogP contribution in [0.5, 0.6) is 0 Å². The number of rotatable bonds is 6. The number of unbranched alkanes of at least 4 members (excludes halogenated alkanes) is 1. The first-order valence-electron chi connectivity index (χ1n) is 9.18. The van der Waals surface area contributed by atoms with Crippen LogP contribution in [0.3, 0.4) is 0 Å². The standard InChI is InChI=1S/C21H19N5OS/c1-2-3-8-19-25-26-21(28-19)24-20(27)16-13-18(14-9-11-22-12-10-14)23-17-7-5-4-6-15(16)17/h4-7,9-13H,2-3,8H2,1H3,(H,24,26,27). The molecule has 0 atom stereocenters. The van der Waals surface area contributed by atoms with Gasteiger partial charge in [-0.3, -0.25) is 15.1 Å². The van der Waals surface area contributed by atoms with Crippen LogP contribution in [-0.4, -0.2) is 26.1 Å². The molecular weight excluding hydrogens is 370 g/mol. The second kappa shape index (κ2) is 8.22. The summed E-state index contributed by atoms with van der Waals surface area (Å²) >= 11 is 1.42. The summed E-state index contributed by atoms with van der Waals surface area (Å²) in [6.45, 7) is 2.14. The van der Waals surface area contributed by atoms with E-state index in [-0.39, 0.29) is 5.91 Å². The molecule has 0 aliphatic heterocycles. The van der Waals surface area contributed by atoms with Crippen molar-refractivity contribution in [3.8, 4) is 11.3 Å². The third-order valence-electron chi connectivity index (χ3n) is 4.37. The summed E-state index contributed by atoms with van der Waals surface area (Å²) in [5, 5.41) is 13.4. The number of nitrogens with one attached hydrogen (secondary N) is 1. The van der Waals surface area contributed by atoms with Crippen molar-refractivity contribution in [3.05, 3.63) is 65.4 Å². The number of benzene rings is 1. The number of pyridine rings is 2. The van der Waals surface area contributed by atoms with Crippen LogP contribution >= 0.6 is 11.3 Å². The normalized spacial score (nSPS) is 10.9. The molecule has 4 rings (SSSR count). The zero-order valence-corrected chi connectivity index (χ0v) is 16.2. The molecule has 0 aliphatic rings. The second-order valence-electron chi connectivity index (χ2n) is 6.37. The van der Waals surface area contributed by atoms with E-state index < -0.39 is 0 Å². The molecule has 7 heteroatoms. The highest BCUT2D eigenvalue weighted by Gasteiger charge is 2.16. The first-order chi connectivity index (χ1) is 13.7. The molecule has 1 N–H and O–H groups in total. The number of amides is 1. The highest BCUT2D eigenvalue weighted by atomic mass is 32.1. The molecule has 1 aromatic carbocycles. The molecule has 0 fully saturated rings. The summed E-state index contributed by atoms with van der Waals surface area (Å²) in [7, 11) is 0. The van der Waals surface area contributed by atoms with E-state index in [1.54, 1.807) is 12.4 Å². The molecular formula is C21H19N5OS. The predicted octanol–water partition coefficient (Wildman–Crippen LogP) is 4.74. The molecule has 140 valence electrons. The fraction of sp³-hybridized carbons (Fsp3) is 0.190. The average molecular weight is 389 g/mol. The van der Waals surface area contributed by atoms with Crippen molar-refractivity contribution in [2.75, 3.05) is 5.32 Å². The van der Waals surface area contributed by atoms with E-state index in [0.717, 1.165) is 46.4 Å². The van der Waals surface area contributed by atoms with Gasteiger partial charge in [0.2, 0.25) is 5.13 Å². The Morgan fingerprint density at radius 1 is 1.11 bits per heavy atom. The molecule has 1 amide bonds. The molecule has 0 saturated heterocycles. The van der Waals surface area contributed by atoms with Gasteiger partial charge in [0.05, 0.1) is 16.8 Å². The number of hydrogen-bond acceptors (Lipinski definition) is 6. The molecule has 4 aromatic rings. The number of carbonyl (C=O) groups is 1. The van der Waals surface area contributed by atoms with Crippen molar-refractivity contribution in [3.63, 3.8) is 0 Å². The minimum atomic E-state index is -0.216. The molecule has 6 nitrogen and oxygen atoms in total. The van der Waals surface area contributed by atoms with Crippen LogP contribution in [0.2, 0.25) is 0 Å². The lowest BCUT2D eigenvalue weighted by Gasteiger charge is -2.09. The first-order valence-corrected chi connectivity index (χ1v) is 10.00. The largest absolute Gasteiger partial charge is 0.296 e. The maximum absolute atomic E-state index is 13.0. The molecule has 0 spiro atoms. The summed E-state index contributed by atoms with van der Waals surface area (Å²) in [5.41, 5.74) is 2.96. The Morgan fingerprint density at radius 3 is 2.75 bits per heavy atom. The summed E-state index contributed by atoms with van der Waals surface area (Å²) in [5.74, 6) is -0.216. The van der Waals surface area contributed by atoms with Gasteiger partial charge in [-0.05, 0) is 30.7 Å². The predicted molar refractivity (Wildman–Crippen MR) is 111 cm³/mol. The Morgan fingerprint density at radius 2 is 1.93 bits per heavy atom. The van der Waals surface area contributed by atoms with Crippen molar-refractivity contribution in [1.29, 1.82) is 0 Å². The van der Waals surface area contributed by atoms with Gasteiger partial charge in [0.25, 0.3) is 5.91 Å². The molecule has 0 radical (unpaired) electrons. The van der Waals surface area contributed by atoms with E-state index >= 15 is 0 Å². The van der Waals surface area contributed by atoms with Gasteiger partial charge in [0, 0.05) is 29.8 Å². The van der Waals surface area contributed by atoms with Gasteiger partial charge in [-0.15, -0.1) is 10.2 Å². The Kier molecular flexibility index (Phi) is 5.34. The van der Waals surface area contributed by atoms with Gasteiger partial charge < -0.3 is 0 Å². The van der Waals surface area contributed by atoms with Crippen LogP contribution in [0.4, 0.5) is 5.13 Å². The van der Waals surface area contributed by atoms with Crippen LogP contribution in [0, 0.1) is 0 Å².